The molecule has 1 aromatic heterocycles. The van der Waals surface area contributed by atoms with Gasteiger partial charge in [0.05, 0.1) is 11.1 Å². The van der Waals surface area contributed by atoms with Crippen LogP contribution in [0.25, 0.3) is 22.0 Å². The van der Waals surface area contributed by atoms with Crippen LogP contribution in [0.4, 0.5) is 0 Å². The Morgan fingerprint density at radius 3 is 2.33 bits per heavy atom. The third-order valence-corrected chi connectivity index (χ3v) is 4.71. The minimum absolute atomic E-state index is 0.109. The molecule has 0 saturated heterocycles. The summed E-state index contributed by atoms with van der Waals surface area (Å²) in [4.78, 5) is 15.4. The summed E-state index contributed by atoms with van der Waals surface area (Å²) in [5.74, 6) is 2.12. The van der Waals surface area contributed by atoms with Crippen LogP contribution in [0.2, 0.25) is 5.02 Å². The SMILES string of the molecule is O=c1[nH]c2cc(Cl)ccc2c(O)c1-c1ccc2c(c1)Oc1ccccc1O2. The minimum Gasteiger partial charge on any atom is -0.506 e. The van der Waals surface area contributed by atoms with Crippen molar-refractivity contribution in [1.29, 1.82) is 0 Å². The first kappa shape index (κ1) is 15.8. The molecule has 2 heterocycles. The Kier molecular flexibility index (Phi) is 3.39. The van der Waals surface area contributed by atoms with Crippen LogP contribution >= 0.6 is 11.6 Å². The maximum atomic E-state index is 12.6. The predicted molar refractivity (Wildman–Crippen MR) is 103 cm³/mol. The molecule has 0 unspecified atom stereocenters. The number of benzene rings is 3. The number of aromatic hydroxyl groups is 1. The fourth-order valence-electron chi connectivity index (χ4n) is 3.20. The van der Waals surface area contributed by atoms with Gasteiger partial charge in [-0.3, -0.25) is 4.79 Å². The zero-order valence-electron chi connectivity index (χ0n) is 13.8. The Hall–Kier alpha value is -3.44. The molecule has 0 amide bonds. The van der Waals surface area contributed by atoms with Crippen LogP contribution in [-0.2, 0) is 0 Å². The highest BCUT2D eigenvalue weighted by Gasteiger charge is 2.21. The van der Waals surface area contributed by atoms with Gasteiger partial charge in [-0.15, -0.1) is 0 Å². The van der Waals surface area contributed by atoms with Crippen LogP contribution in [0.3, 0.4) is 0 Å². The quantitative estimate of drug-likeness (QED) is 0.407. The van der Waals surface area contributed by atoms with Crippen LogP contribution in [0.15, 0.2) is 65.5 Å². The molecule has 0 spiro atoms. The fraction of sp³-hybridized carbons (Fsp3) is 0. The topological polar surface area (TPSA) is 71.6 Å². The number of fused-ring (bicyclic) bond motifs is 3. The number of rotatable bonds is 1. The van der Waals surface area contributed by atoms with Crippen LogP contribution in [-0.4, -0.2) is 10.1 Å². The molecule has 4 aromatic rings. The molecule has 1 aliphatic rings. The molecule has 3 aromatic carbocycles. The number of aromatic nitrogens is 1. The van der Waals surface area contributed by atoms with Gasteiger partial charge < -0.3 is 19.6 Å². The van der Waals surface area contributed by atoms with Gasteiger partial charge in [-0.25, -0.2) is 0 Å². The van der Waals surface area contributed by atoms with E-state index in [0.29, 0.717) is 44.5 Å². The van der Waals surface area contributed by atoms with Gasteiger partial charge in [-0.1, -0.05) is 29.8 Å². The smallest absolute Gasteiger partial charge is 0.260 e. The standard InChI is InChI=1S/C21H12ClNO4/c22-12-6-7-13-14(10-12)23-21(25)19(20(13)24)11-5-8-17-18(9-11)27-16-4-2-1-3-15(16)26-17/h1-10H,(H2,23,24,25). The normalized spacial score (nSPS) is 12.0. The number of nitrogens with one attached hydrogen (secondary N) is 1. The van der Waals surface area contributed by atoms with Crippen molar-refractivity contribution >= 4 is 22.5 Å². The van der Waals surface area contributed by atoms with Gasteiger partial charge >= 0.3 is 0 Å². The van der Waals surface area contributed by atoms with E-state index >= 15 is 0 Å². The zero-order valence-corrected chi connectivity index (χ0v) is 14.6. The predicted octanol–water partition coefficient (Wildman–Crippen LogP) is 5.45. The van der Waals surface area contributed by atoms with Crippen molar-refractivity contribution in [1.82, 2.24) is 4.98 Å². The molecule has 5 rings (SSSR count). The largest absolute Gasteiger partial charge is 0.506 e. The summed E-state index contributed by atoms with van der Waals surface area (Å²) in [6.07, 6.45) is 0. The van der Waals surface area contributed by atoms with Gasteiger partial charge in [0.25, 0.3) is 5.56 Å². The van der Waals surface area contributed by atoms with Crippen molar-refractivity contribution < 1.29 is 14.6 Å². The fourth-order valence-corrected chi connectivity index (χ4v) is 3.38. The molecule has 0 saturated carbocycles. The molecule has 2 N–H and O–H groups in total. The number of H-pyrrole nitrogens is 1. The van der Waals surface area contributed by atoms with Gasteiger partial charge in [0.15, 0.2) is 23.0 Å². The Morgan fingerprint density at radius 2 is 1.56 bits per heavy atom. The zero-order chi connectivity index (χ0) is 18.5. The van der Waals surface area contributed by atoms with E-state index in [1.807, 2.05) is 18.2 Å². The molecule has 0 radical (unpaired) electrons. The van der Waals surface area contributed by atoms with E-state index in [-0.39, 0.29) is 11.3 Å². The summed E-state index contributed by atoms with van der Waals surface area (Å²) in [6.45, 7) is 0. The summed E-state index contributed by atoms with van der Waals surface area (Å²) < 4.78 is 11.7. The summed E-state index contributed by atoms with van der Waals surface area (Å²) in [5.41, 5.74) is 0.738. The van der Waals surface area contributed by atoms with Gasteiger partial charge in [-0.2, -0.15) is 0 Å². The van der Waals surface area contributed by atoms with Crippen molar-refractivity contribution in [2.75, 3.05) is 0 Å². The molecule has 0 bridgehead atoms. The first-order chi connectivity index (χ1) is 13.1. The van der Waals surface area contributed by atoms with Crippen molar-refractivity contribution in [3.8, 4) is 39.9 Å². The average molecular weight is 378 g/mol. The summed E-state index contributed by atoms with van der Waals surface area (Å²) in [6, 6.07) is 17.4. The van der Waals surface area contributed by atoms with Crippen LogP contribution in [0, 0.1) is 0 Å². The molecule has 0 aliphatic carbocycles. The first-order valence-electron chi connectivity index (χ1n) is 8.24. The lowest BCUT2D eigenvalue weighted by atomic mass is 10.0. The average Bonchev–Trinajstić information content (AvgIpc) is 2.66. The molecule has 6 heteroatoms. The number of aromatic amines is 1. The Balaban J connectivity index is 1.67. The van der Waals surface area contributed by atoms with Crippen LogP contribution in [0.5, 0.6) is 28.7 Å². The summed E-state index contributed by atoms with van der Waals surface area (Å²) >= 11 is 5.97. The summed E-state index contributed by atoms with van der Waals surface area (Å²) in [5, 5.41) is 11.7. The maximum absolute atomic E-state index is 12.6. The van der Waals surface area contributed by atoms with E-state index in [4.69, 9.17) is 21.1 Å². The van der Waals surface area contributed by atoms with Crippen molar-refractivity contribution in [2.24, 2.45) is 0 Å². The van der Waals surface area contributed by atoms with Crippen LogP contribution < -0.4 is 15.0 Å². The molecule has 5 nitrogen and oxygen atoms in total. The number of hydrogen-bond donors (Lipinski definition) is 2. The number of hydrogen-bond acceptors (Lipinski definition) is 4. The Labute approximate surface area is 158 Å². The third kappa shape index (κ3) is 2.52. The van der Waals surface area contributed by atoms with E-state index in [1.165, 1.54) is 0 Å². The van der Waals surface area contributed by atoms with Crippen molar-refractivity contribution in [3.05, 3.63) is 76.0 Å². The molecular weight excluding hydrogens is 366 g/mol. The lowest BCUT2D eigenvalue weighted by Gasteiger charge is -2.21. The second-order valence-corrected chi connectivity index (χ2v) is 6.62. The van der Waals surface area contributed by atoms with E-state index in [2.05, 4.69) is 4.98 Å². The van der Waals surface area contributed by atoms with E-state index < -0.39 is 5.56 Å². The van der Waals surface area contributed by atoms with E-state index in [9.17, 15) is 9.90 Å². The lowest BCUT2D eigenvalue weighted by Crippen LogP contribution is -2.09. The van der Waals surface area contributed by atoms with E-state index in [1.54, 1.807) is 42.5 Å². The first-order valence-corrected chi connectivity index (χ1v) is 8.61. The monoisotopic (exact) mass is 377 g/mol. The van der Waals surface area contributed by atoms with Crippen molar-refractivity contribution in [3.63, 3.8) is 0 Å². The van der Waals surface area contributed by atoms with Gasteiger partial charge in [0, 0.05) is 10.4 Å². The minimum atomic E-state index is -0.417. The molecule has 1 aliphatic heterocycles. The highest BCUT2D eigenvalue weighted by atomic mass is 35.5. The number of para-hydroxylation sites is 2. The molecular formula is C21H12ClNO4. The number of pyridine rings is 1. The van der Waals surface area contributed by atoms with Crippen molar-refractivity contribution in [2.45, 2.75) is 0 Å². The highest BCUT2D eigenvalue weighted by Crippen LogP contribution is 2.46. The Bertz CT molecular complexity index is 1280. The molecule has 0 atom stereocenters. The molecule has 132 valence electrons. The van der Waals surface area contributed by atoms with Gasteiger partial charge in [0.1, 0.15) is 5.75 Å². The summed E-state index contributed by atoms with van der Waals surface area (Å²) in [7, 11) is 0. The second kappa shape index (κ2) is 5.79. The third-order valence-electron chi connectivity index (χ3n) is 4.47. The van der Waals surface area contributed by atoms with Gasteiger partial charge in [0.2, 0.25) is 0 Å². The number of ether oxygens (including phenoxy) is 2. The highest BCUT2D eigenvalue weighted by molar-refractivity contribution is 6.31. The van der Waals surface area contributed by atoms with E-state index in [0.717, 1.165) is 0 Å². The second-order valence-electron chi connectivity index (χ2n) is 6.18. The lowest BCUT2D eigenvalue weighted by molar-refractivity contribution is 0.360. The molecule has 27 heavy (non-hydrogen) atoms. The van der Waals surface area contributed by atoms with Gasteiger partial charge in [-0.05, 0) is 48.0 Å². The maximum Gasteiger partial charge on any atom is 0.260 e. The molecule has 0 fully saturated rings. The van der Waals surface area contributed by atoms with Crippen LogP contribution in [0.1, 0.15) is 0 Å². The number of halogens is 1. The Morgan fingerprint density at radius 1 is 0.852 bits per heavy atom.